The number of imidazole rings is 1. The molecule has 0 atom stereocenters. The van der Waals surface area contributed by atoms with Gasteiger partial charge in [-0.1, -0.05) is 0 Å². The Morgan fingerprint density at radius 3 is 2.68 bits per heavy atom. The monoisotopic (exact) mass is 310 g/mol. The van der Waals surface area contributed by atoms with Crippen LogP contribution >= 0.6 is 24.0 Å². The minimum absolute atomic E-state index is 0.0414. The second-order valence-corrected chi connectivity index (χ2v) is 5.52. The number of rotatable bonds is 4. The number of thioether (sulfide) groups is 1. The second kappa shape index (κ2) is 5.20. The first-order valence-corrected chi connectivity index (χ1v) is 7.09. The number of hydrogen-bond donors (Lipinski definition) is 1. The summed E-state index contributed by atoms with van der Waals surface area (Å²) in [6.45, 7) is 4.61. The normalized spacial score (nSPS) is 12.5. The van der Waals surface area contributed by atoms with Crippen molar-refractivity contribution >= 4 is 35.1 Å². The summed E-state index contributed by atoms with van der Waals surface area (Å²) in [7, 11) is 0. The summed E-state index contributed by atoms with van der Waals surface area (Å²) in [6, 6.07) is 0. The van der Waals surface area contributed by atoms with Crippen LogP contribution in [0.3, 0.4) is 0 Å². The third-order valence-corrected chi connectivity index (χ3v) is 3.75. The Morgan fingerprint density at radius 2 is 2.11 bits per heavy atom. The first-order valence-electron chi connectivity index (χ1n) is 5.70. The van der Waals surface area contributed by atoms with Gasteiger partial charge in [0.2, 0.25) is 0 Å². The molecule has 1 N–H and O–H groups in total. The van der Waals surface area contributed by atoms with E-state index in [-0.39, 0.29) is 24.1 Å². The molecule has 0 aromatic carbocycles. The van der Waals surface area contributed by atoms with Crippen molar-refractivity contribution in [2.45, 2.75) is 32.4 Å². The highest BCUT2D eigenvalue weighted by Crippen LogP contribution is 2.30. The SMILES string of the molecule is CCn1nc(C)c2[nH]c(=S)n(CCSC(F)(F)F)c21. The lowest BCUT2D eigenvalue weighted by Gasteiger charge is -2.07. The summed E-state index contributed by atoms with van der Waals surface area (Å²) < 4.78 is 40.3. The fourth-order valence-electron chi connectivity index (χ4n) is 1.94. The lowest BCUT2D eigenvalue weighted by atomic mass is 10.4. The molecule has 0 amide bonds. The van der Waals surface area contributed by atoms with Crippen LogP contribution in [-0.2, 0) is 13.1 Å². The van der Waals surface area contributed by atoms with E-state index in [9.17, 15) is 13.2 Å². The molecule has 0 saturated carbocycles. The molecule has 0 saturated heterocycles. The Balaban J connectivity index is 2.32. The van der Waals surface area contributed by atoms with Gasteiger partial charge in [-0.2, -0.15) is 18.3 Å². The van der Waals surface area contributed by atoms with Crippen molar-refractivity contribution in [1.29, 1.82) is 0 Å². The predicted octanol–water partition coefficient (Wildman–Crippen LogP) is 3.48. The summed E-state index contributed by atoms with van der Waals surface area (Å²) >= 11 is 5.12. The van der Waals surface area contributed by atoms with Gasteiger partial charge in [-0.3, -0.25) is 0 Å². The number of halogens is 3. The maximum Gasteiger partial charge on any atom is 0.441 e. The van der Waals surface area contributed by atoms with E-state index in [2.05, 4.69) is 10.1 Å². The van der Waals surface area contributed by atoms with Crippen molar-refractivity contribution in [3.8, 4) is 0 Å². The zero-order valence-electron chi connectivity index (χ0n) is 10.4. The number of nitrogens with zero attached hydrogens (tertiary/aromatic N) is 3. The second-order valence-electron chi connectivity index (χ2n) is 3.98. The molecule has 106 valence electrons. The van der Waals surface area contributed by atoms with Gasteiger partial charge in [0, 0.05) is 18.8 Å². The maximum absolute atomic E-state index is 12.2. The summed E-state index contributed by atoms with van der Waals surface area (Å²) in [4.78, 5) is 3.00. The molecule has 0 aliphatic rings. The molecule has 0 aliphatic carbocycles. The van der Waals surface area contributed by atoms with E-state index in [0.29, 0.717) is 11.3 Å². The van der Waals surface area contributed by atoms with Gasteiger partial charge in [-0.25, -0.2) is 4.68 Å². The van der Waals surface area contributed by atoms with E-state index < -0.39 is 5.51 Å². The van der Waals surface area contributed by atoms with Crippen LogP contribution in [0.5, 0.6) is 0 Å². The average Bonchev–Trinajstić information content (AvgIpc) is 2.77. The quantitative estimate of drug-likeness (QED) is 0.879. The Labute approximate surface area is 117 Å². The Hall–Kier alpha value is -0.960. The van der Waals surface area contributed by atoms with Crippen molar-refractivity contribution < 1.29 is 13.2 Å². The zero-order chi connectivity index (χ0) is 14.2. The number of aromatic amines is 1. The number of alkyl halides is 3. The van der Waals surface area contributed by atoms with Gasteiger partial charge in [0.1, 0.15) is 5.52 Å². The highest BCUT2D eigenvalue weighted by atomic mass is 32.2. The van der Waals surface area contributed by atoms with Crippen LogP contribution in [0.25, 0.3) is 11.2 Å². The van der Waals surface area contributed by atoms with Gasteiger partial charge in [0.05, 0.1) is 5.69 Å². The van der Waals surface area contributed by atoms with Crippen LogP contribution in [0.1, 0.15) is 12.6 Å². The topological polar surface area (TPSA) is 38.5 Å². The molecule has 4 nitrogen and oxygen atoms in total. The molecule has 2 heterocycles. The largest absolute Gasteiger partial charge is 0.441 e. The van der Waals surface area contributed by atoms with Crippen LogP contribution in [0.15, 0.2) is 0 Å². The van der Waals surface area contributed by atoms with E-state index in [1.807, 2.05) is 13.8 Å². The van der Waals surface area contributed by atoms with Crippen molar-refractivity contribution in [3.63, 3.8) is 0 Å². The lowest BCUT2D eigenvalue weighted by Crippen LogP contribution is -2.09. The number of aromatic nitrogens is 4. The van der Waals surface area contributed by atoms with E-state index in [1.54, 1.807) is 9.25 Å². The number of fused-ring (bicyclic) bond motifs is 1. The average molecular weight is 310 g/mol. The number of hydrogen-bond acceptors (Lipinski definition) is 3. The fourth-order valence-corrected chi connectivity index (χ4v) is 2.73. The first kappa shape index (κ1) is 14.4. The number of nitrogens with one attached hydrogen (secondary N) is 1. The minimum atomic E-state index is -4.21. The molecular formula is C10H13F3N4S2. The molecule has 2 rings (SSSR count). The molecule has 0 unspecified atom stereocenters. The van der Waals surface area contributed by atoms with Gasteiger partial charge < -0.3 is 9.55 Å². The number of H-pyrrole nitrogens is 1. The summed E-state index contributed by atoms with van der Waals surface area (Å²) in [5, 5.41) is 4.32. The standard InChI is InChI=1S/C10H13F3N4S2/c1-3-17-8-7(6(2)15-17)14-9(18)16(8)4-5-19-10(11,12)13/h3-5H2,1-2H3,(H,14,18). The van der Waals surface area contributed by atoms with E-state index in [0.717, 1.165) is 16.9 Å². The summed E-state index contributed by atoms with van der Waals surface area (Å²) in [6.07, 6.45) is 0. The third kappa shape index (κ3) is 2.97. The van der Waals surface area contributed by atoms with Crippen LogP contribution < -0.4 is 0 Å². The molecule has 0 aliphatic heterocycles. The molecule has 9 heteroatoms. The van der Waals surface area contributed by atoms with Crippen molar-refractivity contribution in [1.82, 2.24) is 19.3 Å². The molecule has 0 bridgehead atoms. The lowest BCUT2D eigenvalue weighted by molar-refractivity contribution is -0.0328. The third-order valence-electron chi connectivity index (χ3n) is 2.71. The Kier molecular flexibility index (Phi) is 3.95. The van der Waals surface area contributed by atoms with E-state index >= 15 is 0 Å². The molecule has 2 aromatic rings. The van der Waals surface area contributed by atoms with Gasteiger partial charge in [0.15, 0.2) is 10.4 Å². The Morgan fingerprint density at radius 1 is 1.42 bits per heavy atom. The molecule has 2 aromatic heterocycles. The molecule has 0 radical (unpaired) electrons. The summed E-state index contributed by atoms with van der Waals surface area (Å²) in [5.74, 6) is -0.0707. The van der Waals surface area contributed by atoms with Crippen molar-refractivity contribution in [3.05, 3.63) is 10.5 Å². The first-order chi connectivity index (χ1) is 8.83. The van der Waals surface area contributed by atoms with E-state index in [1.165, 1.54) is 0 Å². The van der Waals surface area contributed by atoms with Crippen LogP contribution in [0, 0.1) is 11.7 Å². The van der Waals surface area contributed by atoms with Crippen LogP contribution in [0.2, 0.25) is 0 Å². The van der Waals surface area contributed by atoms with Gasteiger partial charge in [-0.05, 0) is 37.8 Å². The predicted molar refractivity (Wildman–Crippen MR) is 71.8 cm³/mol. The minimum Gasteiger partial charge on any atom is -0.328 e. The molecular weight excluding hydrogens is 297 g/mol. The molecule has 19 heavy (non-hydrogen) atoms. The smallest absolute Gasteiger partial charge is 0.328 e. The zero-order valence-corrected chi connectivity index (χ0v) is 12.0. The van der Waals surface area contributed by atoms with Crippen LogP contribution in [-0.4, -0.2) is 30.6 Å². The maximum atomic E-state index is 12.2. The Bertz CT molecular complexity index is 638. The van der Waals surface area contributed by atoms with E-state index in [4.69, 9.17) is 12.2 Å². The highest BCUT2D eigenvalue weighted by molar-refractivity contribution is 8.00. The van der Waals surface area contributed by atoms with Crippen LogP contribution in [0.4, 0.5) is 13.2 Å². The molecule has 0 fully saturated rings. The van der Waals surface area contributed by atoms with Crippen molar-refractivity contribution in [2.75, 3.05) is 5.75 Å². The van der Waals surface area contributed by atoms with Gasteiger partial charge in [-0.15, -0.1) is 0 Å². The van der Waals surface area contributed by atoms with Crippen molar-refractivity contribution in [2.24, 2.45) is 0 Å². The number of aryl methyl sites for hydroxylation is 3. The van der Waals surface area contributed by atoms with Gasteiger partial charge in [0.25, 0.3) is 0 Å². The van der Waals surface area contributed by atoms with Gasteiger partial charge >= 0.3 is 5.51 Å². The highest BCUT2D eigenvalue weighted by Gasteiger charge is 2.27. The fraction of sp³-hybridized carbons (Fsp3) is 0.600. The summed E-state index contributed by atoms with van der Waals surface area (Å²) in [5.41, 5.74) is -1.86. The molecule has 0 spiro atoms.